The van der Waals surface area contributed by atoms with Gasteiger partial charge in [-0.25, -0.2) is 15.0 Å². The third-order valence-corrected chi connectivity index (χ3v) is 6.53. The van der Waals surface area contributed by atoms with Crippen molar-refractivity contribution < 1.29 is 5.11 Å². The topological polar surface area (TPSA) is 70.9 Å². The Hall–Kier alpha value is -2.31. The molecule has 2 N–H and O–H groups in total. The van der Waals surface area contributed by atoms with Gasteiger partial charge in [-0.2, -0.15) is 0 Å². The maximum atomic E-state index is 11.1. The van der Waals surface area contributed by atoms with Gasteiger partial charge in [-0.05, 0) is 68.4 Å². The second-order valence-corrected chi connectivity index (χ2v) is 9.03. The van der Waals surface area contributed by atoms with E-state index >= 15 is 0 Å². The first-order valence-electron chi connectivity index (χ1n) is 9.79. The van der Waals surface area contributed by atoms with Crippen molar-refractivity contribution in [1.29, 1.82) is 0 Å². The van der Waals surface area contributed by atoms with Crippen LogP contribution >= 0.6 is 11.3 Å². The molecule has 6 heteroatoms. The monoisotopic (exact) mass is 394 g/mol. The minimum absolute atomic E-state index is 0.537. The lowest BCUT2D eigenvalue weighted by atomic mass is 9.79. The molecule has 1 aliphatic carbocycles. The molecule has 2 atom stereocenters. The van der Waals surface area contributed by atoms with Crippen LogP contribution < -0.4 is 5.32 Å². The first kappa shape index (κ1) is 19.0. The van der Waals surface area contributed by atoms with Gasteiger partial charge < -0.3 is 10.4 Å². The number of rotatable bonds is 4. The Labute approximate surface area is 169 Å². The van der Waals surface area contributed by atoms with Gasteiger partial charge in [-0.1, -0.05) is 19.4 Å². The summed E-state index contributed by atoms with van der Waals surface area (Å²) in [5.41, 5.74) is 3.33. The van der Waals surface area contributed by atoms with Gasteiger partial charge in [-0.3, -0.25) is 0 Å². The van der Waals surface area contributed by atoms with Gasteiger partial charge in [0.2, 0.25) is 5.95 Å². The van der Waals surface area contributed by atoms with E-state index in [1.54, 1.807) is 17.5 Å². The third kappa shape index (κ3) is 4.08. The van der Waals surface area contributed by atoms with Crippen LogP contribution in [0, 0.1) is 19.8 Å². The zero-order valence-electron chi connectivity index (χ0n) is 16.6. The number of aliphatic hydroxyl groups is 1. The SMILES string of the molecule is Cc1cc(Nc2nccc(C)n2)cc(-c2cnc(C3(O)CCCC(C)C3)s2)c1. The van der Waals surface area contributed by atoms with Gasteiger partial charge in [0.15, 0.2) is 0 Å². The molecule has 28 heavy (non-hydrogen) atoms. The van der Waals surface area contributed by atoms with Gasteiger partial charge in [-0.15, -0.1) is 11.3 Å². The lowest BCUT2D eigenvalue weighted by Gasteiger charge is -2.33. The van der Waals surface area contributed by atoms with Crippen LogP contribution in [0.4, 0.5) is 11.6 Å². The Kier molecular flexibility index (Phi) is 5.17. The molecule has 0 spiro atoms. The van der Waals surface area contributed by atoms with E-state index in [4.69, 9.17) is 0 Å². The Bertz CT molecular complexity index is 986. The summed E-state index contributed by atoms with van der Waals surface area (Å²) in [6.45, 7) is 6.23. The molecule has 3 aromatic rings. The molecule has 0 saturated heterocycles. The molecule has 0 radical (unpaired) electrons. The molecule has 146 valence electrons. The maximum Gasteiger partial charge on any atom is 0.227 e. The minimum Gasteiger partial charge on any atom is -0.383 e. The molecule has 4 rings (SSSR count). The molecule has 0 bridgehead atoms. The summed E-state index contributed by atoms with van der Waals surface area (Å²) < 4.78 is 0. The first-order valence-corrected chi connectivity index (χ1v) is 10.6. The number of aromatic nitrogens is 3. The number of hydrogen-bond donors (Lipinski definition) is 2. The number of anilines is 2. The van der Waals surface area contributed by atoms with E-state index in [2.05, 4.69) is 52.3 Å². The fourth-order valence-corrected chi connectivity index (χ4v) is 5.01. The van der Waals surface area contributed by atoms with E-state index in [1.165, 1.54) is 6.42 Å². The summed E-state index contributed by atoms with van der Waals surface area (Å²) >= 11 is 1.60. The van der Waals surface area contributed by atoms with E-state index in [0.29, 0.717) is 11.9 Å². The zero-order chi connectivity index (χ0) is 19.7. The zero-order valence-corrected chi connectivity index (χ0v) is 17.4. The molecule has 2 heterocycles. The maximum absolute atomic E-state index is 11.1. The average Bonchev–Trinajstić information content (AvgIpc) is 3.12. The number of nitrogens with one attached hydrogen (secondary N) is 1. The highest BCUT2D eigenvalue weighted by molar-refractivity contribution is 7.15. The highest BCUT2D eigenvalue weighted by Gasteiger charge is 2.37. The Morgan fingerprint density at radius 3 is 2.86 bits per heavy atom. The standard InChI is InChI=1S/C22H26N4OS/c1-14-5-4-7-22(27,12-14)20-24-13-19(28-20)17-9-15(2)10-18(11-17)26-21-23-8-6-16(3)25-21/h6,8-11,13-14,27H,4-5,7,12H2,1-3H3,(H,23,25,26). The molecular weight excluding hydrogens is 368 g/mol. The van der Waals surface area contributed by atoms with Gasteiger partial charge in [0.25, 0.3) is 0 Å². The van der Waals surface area contributed by atoms with Crippen molar-refractivity contribution >= 4 is 23.0 Å². The Morgan fingerprint density at radius 2 is 2.07 bits per heavy atom. The van der Waals surface area contributed by atoms with Crippen molar-refractivity contribution in [3.05, 3.63) is 52.9 Å². The summed E-state index contributed by atoms with van der Waals surface area (Å²) in [4.78, 5) is 14.4. The molecule has 1 aliphatic rings. The summed E-state index contributed by atoms with van der Waals surface area (Å²) in [5, 5.41) is 15.3. The van der Waals surface area contributed by atoms with Crippen molar-refractivity contribution in [3.63, 3.8) is 0 Å². The quantitative estimate of drug-likeness (QED) is 0.623. The van der Waals surface area contributed by atoms with E-state index in [9.17, 15) is 5.11 Å². The largest absolute Gasteiger partial charge is 0.383 e. The van der Waals surface area contributed by atoms with Gasteiger partial charge in [0, 0.05) is 23.8 Å². The molecule has 2 aromatic heterocycles. The second-order valence-electron chi connectivity index (χ2n) is 8.00. The third-order valence-electron chi connectivity index (χ3n) is 5.29. The van der Waals surface area contributed by atoms with Crippen LogP contribution in [0.5, 0.6) is 0 Å². The van der Waals surface area contributed by atoms with Crippen LogP contribution in [0.3, 0.4) is 0 Å². The van der Waals surface area contributed by atoms with E-state index in [-0.39, 0.29) is 0 Å². The van der Waals surface area contributed by atoms with Gasteiger partial charge >= 0.3 is 0 Å². The van der Waals surface area contributed by atoms with Crippen molar-refractivity contribution in [3.8, 4) is 10.4 Å². The van der Waals surface area contributed by atoms with Crippen molar-refractivity contribution in [2.24, 2.45) is 5.92 Å². The van der Waals surface area contributed by atoms with Gasteiger partial charge in [0.1, 0.15) is 10.6 Å². The highest BCUT2D eigenvalue weighted by atomic mass is 32.1. The van der Waals surface area contributed by atoms with Crippen LogP contribution in [-0.2, 0) is 5.60 Å². The predicted octanol–water partition coefficient (Wildman–Crippen LogP) is 5.36. The smallest absolute Gasteiger partial charge is 0.227 e. The molecule has 0 aliphatic heterocycles. The Balaban J connectivity index is 1.61. The molecule has 1 aromatic carbocycles. The van der Waals surface area contributed by atoms with E-state index in [0.717, 1.165) is 51.7 Å². The fraction of sp³-hybridized carbons (Fsp3) is 0.409. The number of aryl methyl sites for hydroxylation is 2. The Morgan fingerprint density at radius 1 is 1.21 bits per heavy atom. The molecule has 5 nitrogen and oxygen atoms in total. The highest BCUT2D eigenvalue weighted by Crippen LogP contribution is 2.43. The van der Waals surface area contributed by atoms with E-state index in [1.807, 2.05) is 19.2 Å². The molecule has 2 unspecified atom stereocenters. The van der Waals surface area contributed by atoms with Crippen LogP contribution in [0.15, 0.2) is 36.7 Å². The fourth-order valence-electron chi connectivity index (χ4n) is 3.98. The molecule has 0 amide bonds. The van der Waals surface area contributed by atoms with Crippen LogP contribution in [-0.4, -0.2) is 20.1 Å². The number of nitrogens with zero attached hydrogens (tertiary/aromatic N) is 3. The van der Waals surface area contributed by atoms with Crippen LogP contribution in [0.2, 0.25) is 0 Å². The summed E-state index contributed by atoms with van der Waals surface area (Å²) in [7, 11) is 0. The lowest BCUT2D eigenvalue weighted by molar-refractivity contribution is -0.0180. The van der Waals surface area contributed by atoms with Crippen molar-refractivity contribution in [2.45, 2.75) is 52.1 Å². The normalized spacial score (nSPS) is 22.2. The summed E-state index contributed by atoms with van der Waals surface area (Å²) in [6.07, 6.45) is 7.48. The van der Waals surface area contributed by atoms with Crippen molar-refractivity contribution in [2.75, 3.05) is 5.32 Å². The summed E-state index contributed by atoms with van der Waals surface area (Å²) in [6, 6.07) is 8.19. The van der Waals surface area contributed by atoms with E-state index < -0.39 is 5.60 Å². The number of thiazole rings is 1. The summed E-state index contributed by atoms with van der Waals surface area (Å²) in [5.74, 6) is 1.13. The van der Waals surface area contributed by atoms with Gasteiger partial charge in [0.05, 0.1) is 4.88 Å². The molecule has 1 saturated carbocycles. The number of hydrogen-bond acceptors (Lipinski definition) is 6. The van der Waals surface area contributed by atoms with Crippen LogP contribution in [0.1, 0.15) is 48.9 Å². The molecule has 1 fully saturated rings. The molecular formula is C22H26N4OS. The number of benzene rings is 1. The lowest BCUT2D eigenvalue weighted by Crippen LogP contribution is -2.31. The van der Waals surface area contributed by atoms with Crippen molar-refractivity contribution in [1.82, 2.24) is 15.0 Å². The first-order chi connectivity index (χ1) is 13.4. The second kappa shape index (κ2) is 7.60. The minimum atomic E-state index is -0.777. The predicted molar refractivity (Wildman–Crippen MR) is 114 cm³/mol. The average molecular weight is 395 g/mol. The van der Waals surface area contributed by atoms with Crippen LogP contribution in [0.25, 0.3) is 10.4 Å².